The molecule has 2 fully saturated rings. The van der Waals surface area contributed by atoms with Crippen LogP contribution in [0.1, 0.15) is 25.7 Å². The topological polar surface area (TPSA) is 21.3 Å². The lowest BCUT2D eigenvalue weighted by Gasteiger charge is -2.53. The number of allylic oxidation sites excluding steroid dienone is 6. The molecule has 0 unspecified atom stereocenters. The highest BCUT2D eigenvalue weighted by atomic mass is 16.5. The normalized spacial score (nSPS) is 29.1. The Labute approximate surface area is 114 Å². The smallest absolute Gasteiger partial charge is 0.103 e. The van der Waals surface area contributed by atoms with Crippen LogP contribution >= 0.6 is 0 Å². The molecule has 3 aliphatic carbocycles. The van der Waals surface area contributed by atoms with Crippen LogP contribution < -0.4 is 5.32 Å². The SMILES string of the molecule is C1=CC23C=CCC=C2C(OC2CCNCC2)C3=CC1. The van der Waals surface area contributed by atoms with Crippen molar-refractivity contribution in [1.29, 1.82) is 0 Å². The number of nitrogens with one attached hydrogen (secondary N) is 1. The van der Waals surface area contributed by atoms with E-state index in [4.69, 9.17) is 4.74 Å². The van der Waals surface area contributed by atoms with E-state index in [2.05, 4.69) is 41.8 Å². The molecule has 0 bridgehead atoms. The second kappa shape index (κ2) is 4.46. The number of rotatable bonds is 2. The maximum atomic E-state index is 6.42. The Kier molecular flexibility index (Phi) is 2.75. The van der Waals surface area contributed by atoms with Crippen LogP contribution in [0.2, 0.25) is 0 Å². The summed E-state index contributed by atoms with van der Waals surface area (Å²) in [7, 11) is 0. The predicted octanol–water partition coefficient (Wildman–Crippen LogP) is 2.90. The summed E-state index contributed by atoms with van der Waals surface area (Å²) in [5.41, 5.74) is 3.07. The Morgan fingerprint density at radius 1 is 1.00 bits per heavy atom. The minimum Gasteiger partial charge on any atom is -0.366 e. The number of ether oxygens (including phenoxy) is 1. The average Bonchev–Trinajstić information content (AvgIpc) is 2.46. The first-order valence-electron chi connectivity index (χ1n) is 7.53. The third-order valence-electron chi connectivity index (χ3n) is 4.84. The van der Waals surface area contributed by atoms with Crippen molar-refractivity contribution >= 4 is 0 Å². The molecule has 0 aromatic rings. The first-order valence-corrected chi connectivity index (χ1v) is 7.53. The maximum absolute atomic E-state index is 6.42. The van der Waals surface area contributed by atoms with Crippen molar-refractivity contribution in [2.24, 2.45) is 5.41 Å². The van der Waals surface area contributed by atoms with Gasteiger partial charge >= 0.3 is 0 Å². The van der Waals surface area contributed by atoms with Crippen LogP contribution in [0, 0.1) is 5.41 Å². The standard InChI is InChI=1S/C17H21NO/c1-3-9-17-10-4-2-6-15(17)16(14(17)5-1)19-13-7-11-18-12-8-13/h3-6,9-10,13,16,18H,1-2,7-8,11-12H2. The zero-order chi connectivity index (χ0) is 12.7. The molecular formula is C17H21NO. The summed E-state index contributed by atoms with van der Waals surface area (Å²) in [6.45, 7) is 2.20. The minimum absolute atomic E-state index is 0.105. The molecular weight excluding hydrogens is 234 g/mol. The van der Waals surface area contributed by atoms with Crippen molar-refractivity contribution in [1.82, 2.24) is 5.32 Å². The van der Waals surface area contributed by atoms with E-state index in [0.717, 1.165) is 38.8 Å². The van der Waals surface area contributed by atoms with Gasteiger partial charge in [-0.1, -0.05) is 36.5 Å². The molecule has 1 N–H and O–H groups in total. The lowest BCUT2D eigenvalue weighted by atomic mass is 9.55. The highest BCUT2D eigenvalue weighted by molar-refractivity contribution is 5.61. The second-order valence-electron chi connectivity index (χ2n) is 5.93. The minimum atomic E-state index is 0.105. The first-order chi connectivity index (χ1) is 9.40. The quantitative estimate of drug-likeness (QED) is 0.766. The van der Waals surface area contributed by atoms with Crippen molar-refractivity contribution in [2.45, 2.75) is 37.9 Å². The van der Waals surface area contributed by atoms with Crippen LogP contribution in [0.25, 0.3) is 0 Å². The molecule has 1 saturated carbocycles. The molecule has 0 radical (unpaired) electrons. The molecule has 0 aromatic heterocycles. The van der Waals surface area contributed by atoms with Gasteiger partial charge in [0.1, 0.15) is 6.10 Å². The molecule has 0 aromatic carbocycles. The Morgan fingerprint density at radius 2 is 1.63 bits per heavy atom. The first kappa shape index (κ1) is 11.7. The summed E-state index contributed by atoms with van der Waals surface area (Å²) in [4.78, 5) is 0. The number of hydrogen-bond acceptors (Lipinski definition) is 2. The number of piperidine rings is 1. The van der Waals surface area contributed by atoms with Gasteiger partial charge in [0, 0.05) is 0 Å². The van der Waals surface area contributed by atoms with Gasteiger partial charge in [-0.3, -0.25) is 0 Å². The summed E-state index contributed by atoms with van der Waals surface area (Å²) < 4.78 is 6.42. The molecule has 4 aliphatic rings. The monoisotopic (exact) mass is 255 g/mol. The Hall–Kier alpha value is -1.12. The van der Waals surface area contributed by atoms with Gasteiger partial charge in [0.25, 0.3) is 0 Å². The summed E-state index contributed by atoms with van der Waals surface area (Å²) >= 11 is 0. The van der Waals surface area contributed by atoms with Crippen LogP contribution in [-0.4, -0.2) is 25.3 Å². The molecule has 4 rings (SSSR count). The largest absolute Gasteiger partial charge is 0.366 e. The predicted molar refractivity (Wildman–Crippen MR) is 76.9 cm³/mol. The van der Waals surface area contributed by atoms with Crippen molar-refractivity contribution < 1.29 is 4.74 Å². The van der Waals surface area contributed by atoms with Gasteiger partial charge in [0.15, 0.2) is 0 Å². The fourth-order valence-electron chi connectivity index (χ4n) is 3.85. The summed E-state index contributed by atoms with van der Waals surface area (Å²) in [5, 5.41) is 3.40. The van der Waals surface area contributed by atoms with Crippen LogP contribution in [0.3, 0.4) is 0 Å². The summed E-state index contributed by atoms with van der Waals surface area (Å²) in [5.74, 6) is 0. The van der Waals surface area contributed by atoms with Crippen LogP contribution in [0.4, 0.5) is 0 Å². The lowest BCUT2D eigenvalue weighted by Crippen LogP contribution is -2.50. The van der Waals surface area contributed by atoms with Crippen molar-refractivity contribution in [2.75, 3.05) is 13.1 Å². The molecule has 2 heteroatoms. The molecule has 100 valence electrons. The van der Waals surface area contributed by atoms with E-state index in [-0.39, 0.29) is 11.5 Å². The van der Waals surface area contributed by atoms with Crippen molar-refractivity contribution in [3.05, 3.63) is 47.6 Å². The zero-order valence-corrected chi connectivity index (χ0v) is 11.3. The number of hydrogen-bond donors (Lipinski definition) is 1. The van der Waals surface area contributed by atoms with Gasteiger partial charge in [0.2, 0.25) is 0 Å². The van der Waals surface area contributed by atoms with Crippen LogP contribution in [-0.2, 0) is 4.74 Å². The third kappa shape index (κ3) is 1.70. The summed E-state index contributed by atoms with van der Waals surface area (Å²) in [6, 6.07) is 0. The van der Waals surface area contributed by atoms with E-state index in [0.29, 0.717) is 6.10 Å². The molecule has 1 aliphatic heterocycles. The molecule has 1 spiro atoms. The summed E-state index contributed by atoms with van der Waals surface area (Å²) in [6.07, 6.45) is 19.2. The molecule has 1 heterocycles. The van der Waals surface area contributed by atoms with Gasteiger partial charge in [-0.05, 0) is 49.9 Å². The third-order valence-corrected chi connectivity index (χ3v) is 4.84. The highest BCUT2D eigenvalue weighted by Crippen LogP contribution is 2.58. The van der Waals surface area contributed by atoms with Gasteiger partial charge in [-0.2, -0.15) is 0 Å². The van der Waals surface area contributed by atoms with Crippen LogP contribution in [0.5, 0.6) is 0 Å². The second-order valence-corrected chi connectivity index (χ2v) is 5.93. The van der Waals surface area contributed by atoms with E-state index >= 15 is 0 Å². The average molecular weight is 255 g/mol. The highest BCUT2D eigenvalue weighted by Gasteiger charge is 2.53. The van der Waals surface area contributed by atoms with E-state index < -0.39 is 0 Å². The Bertz CT molecular complexity index is 455. The Balaban J connectivity index is 1.57. The van der Waals surface area contributed by atoms with Gasteiger partial charge in [-0.15, -0.1) is 0 Å². The molecule has 1 saturated heterocycles. The fourth-order valence-corrected chi connectivity index (χ4v) is 3.85. The van der Waals surface area contributed by atoms with Gasteiger partial charge < -0.3 is 10.1 Å². The van der Waals surface area contributed by atoms with E-state index in [1.807, 2.05) is 0 Å². The molecule has 0 amide bonds. The van der Waals surface area contributed by atoms with Crippen molar-refractivity contribution in [3.63, 3.8) is 0 Å². The van der Waals surface area contributed by atoms with E-state index in [9.17, 15) is 0 Å². The zero-order valence-electron chi connectivity index (χ0n) is 11.3. The van der Waals surface area contributed by atoms with E-state index in [1.54, 1.807) is 0 Å². The van der Waals surface area contributed by atoms with Crippen LogP contribution in [0.15, 0.2) is 47.6 Å². The molecule has 0 atom stereocenters. The van der Waals surface area contributed by atoms with Crippen molar-refractivity contribution in [3.8, 4) is 0 Å². The Morgan fingerprint density at radius 3 is 2.26 bits per heavy atom. The van der Waals surface area contributed by atoms with Gasteiger partial charge in [-0.25, -0.2) is 0 Å². The fraction of sp³-hybridized carbons (Fsp3) is 0.529. The molecule has 2 nitrogen and oxygen atoms in total. The molecule has 19 heavy (non-hydrogen) atoms. The maximum Gasteiger partial charge on any atom is 0.103 e. The lowest BCUT2D eigenvalue weighted by molar-refractivity contribution is -0.0198. The van der Waals surface area contributed by atoms with Gasteiger partial charge in [0.05, 0.1) is 11.5 Å². The van der Waals surface area contributed by atoms with E-state index in [1.165, 1.54) is 11.1 Å².